The number of rotatable bonds is 5. The number of benzene rings is 1. The van der Waals surface area contributed by atoms with Gasteiger partial charge in [-0.1, -0.05) is 30.3 Å². The topological polar surface area (TPSA) is 105 Å². The SMILES string of the molecule is Nc1cccn2c(Cc3ccccc3)c(NCC(=O)NO)nc12. The molecule has 0 spiro atoms. The fourth-order valence-corrected chi connectivity index (χ4v) is 2.44. The first-order chi connectivity index (χ1) is 11.2. The van der Waals surface area contributed by atoms with Gasteiger partial charge in [-0.25, -0.2) is 10.5 Å². The zero-order valence-electron chi connectivity index (χ0n) is 12.4. The normalized spacial score (nSPS) is 10.7. The Labute approximate surface area is 132 Å². The molecule has 0 atom stereocenters. The molecular formula is C16H17N5O2. The molecule has 5 N–H and O–H groups in total. The predicted octanol–water partition coefficient (Wildman–Crippen LogP) is 1.42. The summed E-state index contributed by atoms with van der Waals surface area (Å²) in [4.78, 5) is 15.7. The number of anilines is 2. The van der Waals surface area contributed by atoms with Crippen molar-refractivity contribution in [2.45, 2.75) is 6.42 Å². The Morgan fingerprint density at radius 2 is 2.00 bits per heavy atom. The van der Waals surface area contributed by atoms with E-state index in [2.05, 4.69) is 10.3 Å². The van der Waals surface area contributed by atoms with Crippen molar-refractivity contribution in [1.82, 2.24) is 14.9 Å². The summed E-state index contributed by atoms with van der Waals surface area (Å²) < 4.78 is 1.90. The highest BCUT2D eigenvalue weighted by molar-refractivity contribution is 5.80. The highest BCUT2D eigenvalue weighted by atomic mass is 16.5. The summed E-state index contributed by atoms with van der Waals surface area (Å²) in [7, 11) is 0. The second-order valence-electron chi connectivity index (χ2n) is 5.12. The molecule has 0 fully saturated rings. The number of imidazole rings is 1. The number of pyridine rings is 1. The van der Waals surface area contributed by atoms with Crippen LogP contribution in [0.3, 0.4) is 0 Å². The van der Waals surface area contributed by atoms with Gasteiger partial charge in [-0.05, 0) is 17.7 Å². The van der Waals surface area contributed by atoms with E-state index in [1.54, 1.807) is 11.5 Å². The van der Waals surface area contributed by atoms with Gasteiger partial charge in [0, 0.05) is 12.6 Å². The molecule has 3 rings (SSSR count). The molecule has 23 heavy (non-hydrogen) atoms. The van der Waals surface area contributed by atoms with Crippen molar-refractivity contribution in [2.24, 2.45) is 0 Å². The van der Waals surface area contributed by atoms with Crippen LogP contribution >= 0.6 is 0 Å². The first kappa shape index (κ1) is 14.9. The minimum Gasteiger partial charge on any atom is -0.396 e. The number of fused-ring (bicyclic) bond motifs is 1. The number of hydrogen-bond acceptors (Lipinski definition) is 5. The van der Waals surface area contributed by atoms with Crippen molar-refractivity contribution in [3.8, 4) is 0 Å². The second kappa shape index (κ2) is 6.37. The molecule has 1 amide bonds. The lowest BCUT2D eigenvalue weighted by Gasteiger charge is -2.07. The fraction of sp³-hybridized carbons (Fsp3) is 0.125. The Hall–Kier alpha value is -3.06. The Bertz CT molecular complexity index is 829. The molecule has 3 aromatic rings. The van der Waals surface area contributed by atoms with E-state index in [4.69, 9.17) is 10.9 Å². The summed E-state index contributed by atoms with van der Waals surface area (Å²) in [6.07, 6.45) is 2.52. The van der Waals surface area contributed by atoms with Gasteiger partial charge in [-0.3, -0.25) is 14.4 Å². The van der Waals surface area contributed by atoms with Crippen LogP contribution in [0.5, 0.6) is 0 Å². The number of nitrogens with two attached hydrogens (primary N) is 1. The maximum Gasteiger partial charge on any atom is 0.262 e. The average molecular weight is 311 g/mol. The molecular weight excluding hydrogens is 294 g/mol. The molecule has 0 aliphatic heterocycles. The monoisotopic (exact) mass is 311 g/mol. The van der Waals surface area contributed by atoms with Crippen LogP contribution in [0.15, 0.2) is 48.7 Å². The number of nitrogens with zero attached hydrogens (tertiary/aromatic N) is 2. The molecule has 0 saturated heterocycles. The predicted molar refractivity (Wildman–Crippen MR) is 87.3 cm³/mol. The van der Waals surface area contributed by atoms with Crippen LogP contribution < -0.4 is 16.5 Å². The van der Waals surface area contributed by atoms with Crippen molar-refractivity contribution in [2.75, 3.05) is 17.6 Å². The molecule has 1 aromatic carbocycles. The second-order valence-corrected chi connectivity index (χ2v) is 5.12. The van der Waals surface area contributed by atoms with Crippen molar-refractivity contribution in [1.29, 1.82) is 0 Å². The summed E-state index contributed by atoms with van der Waals surface area (Å²) in [6.45, 7) is -0.0813. The van der Waals surface area contributed by atoms with Gasteiger partial charge in [-0.15, -0.1) is 0 Å². The molecule has 0 radical (unpaired) electrons. The number of amides is 1. The third-order valence-corrected chi connectivity index (χ3v) is 3.53. The van der Waals surface area contributed by atoms with Crippen LogP contribution in [0, 0.1) is 0 Å². The molecule has 0 aliphatic rings. The first-order valence-electron chi connectivity index (χ1n) is 7.15. The molecule has 118 valence electrons. The van der Waals surface area contributed by atoms with E-state index in [-0.39, 0.29) is 6.54 Å². The summed E-state index contributed by atoms with van der Waals surface area (Å²) in [5, 5.41) is 11.6. The maximum atomic E-state index is 11.3. The molecule has 0 aliphatic carbocycles. The number of hydroxylamine groups is 1. The lowest BCUT2D eigenvalue weighted by Crippen LogP contribution is -2.27. The third-order valence-electron chi connectivity index (χ3n) is 3.53. The molecule has 7 nitrogen and oxygen atoms in total. The van der Waals surface area contributed by atoms with E-state index in [0.29, 0.717) is 23.6 Å². The van der Waals surface area contributed by atoms with Gasteiger partial charge in [-0.2, -0.15) is 0 Å². The van der Waals surface area contributed by atoms with Gasteiger partial charge in [0.1, 0.15) is 5.82 Å². The van der Waals surface area contributed by atoms with Crippen LogP contribution in [-0.4, -0.2) is 27.0 Å². The Kier molecular flexibility index (Phi) is 4.11. The fourth-order valence-electron chi connectivity index (χ4n) is 2.44. The highest BCUT2D eigenvalue weighted by Crippen LogP contribution is 2.24. The molecule has 0 saturated carbocycles. The summed E-state index contributed by atoms with van der Waals surface area (Å²) in [6, 6.07) is 13.6. The standard InChI is InChI=1S/C16H17N5O2/c17-12-7-4-8-21-13(9-11-5-2-1-3-6-11)15(19-16(12)21)18-10-14(22)20-23/h1-8,18,23H,9-10,17H2,(H,20,22). The average Bonchev–Trinajstić information content (AvgIpc) is 2.93. The van der Waals surface area contributed by atoms with E-state index in [1.807, 2.05) is 47.0 Å². The van der Waals surface area contributed by atoms with Gasteiger partial charge >= 0.3 is 0 Å². The Morgan fingerprint density at radius 1 is 1.22 bits per heavy atom. The Balaban J connectivity index is 2.01. The van der Waals surface area contributed by atoms with Gasteiger partial charge in [0.25, 0.3) is 5.91 Å². The van der Waals surface area contributed by atoms with Crippen LogP contribution in [0.4, 0.5) is 11.5 Å². The van der Waals surface area contributed by atoms with Gasteiger partial charge in [0.2, 0.25) is 0 Å². The number of nitrogen functional groups attached to an aromatic ring is 1. The van der Waals surface area contributed by atoms with Gasteiger partial charge in [0.05, 0.1) is 17.9 Å². The van der Waals surface area contributed by atoms with E-state index >= 15 is 0 Å². The first-order valence-corrected chi connectivity index (χ1v) is 7.15. The lowest BCUT2D eigenvalue weighted by molar-refractivity contribution is -0.127. The zero-order valence-corrected chi connectivity index (χ0v) is 12.4. The summed E-state index contributed by atoms with van der Waals surface area (Å²) in [5.74, 6) is 0.0241. The zero-order chi connectivity index (χ0) is 16.2. The largest absolute Gasteiger partial charge is 0.396 e. The highest BCUT2D eigenvalue weighted by Gasteiger charge is 2.15. The summed E-state index contributed by atoms with van der Waals surface area (Å²) in [5.41, 5.74) is 10.8. The minimum absolute atomic E-state index is 0.0813. The lowest BCUT2D eigenvalue weighted by atomic mass is 10.1. The van der Waals surface area contributed by atoms with E-state index in [0.717, 1.165) is 11.3 Å². The number of hydrogen-bond donors (Lipinski definition) is 4. The van der Waals surface area contributed by atoms with Crippen molar-refractivity contribution < 1.29 is 10.0 Å². The van der Waals surface area contributed by atoms with E-state index in [1.165, 1.54) is 0 Å². The van der Waals surface area contributed by atoms with E-state index < -0.39 is 5.91 Å². The van der Waals surface area contributed by atoms with Gasteiger partial charge in [0.15, 0.2) is 5.65 Å². The quantitative estimate of drug-likeness (QED) is 0.421. The number of aromatic nitrogens is 2. The number of carbonyl (C=O) groups excluding carboxylic acids is 1. The van der Waals surface area contributed by atoms with Crippen molar-refractivity contribution >= 4 is 23.1 Å². The smallest absolute Gasteiger partial charge is 0.262 e. The van der Waals surface area contributed by atoms with Crippen molar-refractivity contribution in [3.05, 3.63) is 59.9 Å². The molecule has 2 aromatic heterocycles. The molecule has 0 bridgehead atoms. The molecule has 0 unspecified atom stereocenters. The minimum atomic E-state index is -0.541. The van der Waals surface area contributed by atoms with Crippen LogP contribution in [0.25, 0.3) is 5.65 Å². The maximum absolute atomic E-state index is 11.3. The van der Waals surface area contributed by atoms with Crippen LogP contribution in [0.2, 0.25) is 0 Å². The molecule has 2 heterocycles. The van der Waals surface area contributed by atoms with E-state index in [9.17, 15) is 4.79 Å². The summed E-state index contributed by atoms with van der Waals surface area (Å²) >= 11 is 0. The van der Waals surface area contributed by atoms with Crippen LogP contribution in [-0.2, 0) is 11.2 Å². The van der Waals surface area contributed by atoms with Crippen molar-refractivity contribution in [3.63, 3.8) is 0 Å². The van der Waals surface area contributed by atoms with Gasteiger partial charge < -0.3 is 11.1 Å². The number of carbonyl (C=O) groups is 1. The van der Waals surface area contributed by atoms with Crippen LogP contribution in [0.1, 0.15) is 11.3 Å². The Morgan fingerprint density at radius 3 is 2.74 bits per heavy atom. The third kappa shape index (κ3) is 3.09. The molecule has 7 heteroatoms. The number of nitrogens with one attached hydrogen (secondary N) is 2.